The van der Waals surface area contributed by atoms with Crippen LogP contribution in [0.5, 0.6) is 0 Å². The van der Waals surface area contributed by atoms with Crippen molar-refractivity contribution in [2.45, 2.75) is 0 Å². The fraction of sp³-hybridized carbons (Fsp3) is 0. The largest absolute Gasteiger partial charge is 0.259 e. The van der Waals surface area contributed by atoms with Crippen LogP contribution < -0.4 is 5.43 Å². The maximum atomic E-state index is 6.14. The van der Waals surface area contributed by atoms with Gasteiger partial charge in [-0.25, -0.2) is 0 Å². The van der Waals surface area contributed by atoms with Gasteiger partial charge in [-0.1, -0.05) is 66.2 Å². The van der Waals surface area contributed by atoms with Gasteiger partial charge in [0.25, 0.3) is 0 Å². The number of nitrogens with zero attached hydrogens (tertiary/aromatic N) is 3. The second-order valence-corrected chi connectivity index (χ2v) is 5.03. The number of fused-ring (bicyclic) bond motifs is 1. The van der Waals surface area contributed by atoms with Gasteiger partial charge in [-0.15, -0.1) is 5.10 Å². The Morgan fingerprint density at radius 3 is 2.68 bits per heavy atom. The molecule has 0 amide bonds. The van der Waals surface area contributed by atoms with Crippen LogP contribution in [0.2, 0.25) is 0 Å². The van der Waals surface area contributed by atoms with Gasteiger partial charge in [0.1, 0.15) is 0 Å². The number of hydrazone groups is 1. The predicted octanol–water partition coefficient (Wildman–Crippen LogP) is 4.31. The Hall–Kier alpha value is -2.72. The van der Waals surface area contributed by atoms with Gasteiger partial charge in [-0.3, -0.25) is 5.43 Å². The van der Waals surface area contributed by atoms with Crippen LogP contribution in [-0.2, 0) is 0 Å². The molecule has 0 aliphatic heterocycles. The van der Waals surface area contributed by atoms with Gasteiger partial charge in [0.05, 0.1) is 17.4 Å². The average Bonchev–Trinajstić information content (AvgIpc) is 2.56. The molecule has 0 aliphatic carbocycles. The van der Waals surface area contributed by atoms with Crippen molar-refractivity contribution in [1.82, 2.24) is 10.2 Å². The molecule has 108 valence electrons. The lowest BCUT2D eigenvalue weighted by atomic mass is 10.2. The third-order valence-corrected chi connectivity index (χ3v) is 3.24. The first kappa shape index (κ1) is 14.2. The van der Waals surface area contributed by atoms with Gasteiger partial charge in [0.15, 0.2) is 5.82 Å². The lowest BCUT2D eigenvalue weighted by Gasteiger charge is -2.02. The molecule has 2 aromatic carbocycles. The Kier molecular flexibility index (Phi) is 4.41. The van der Waals surface area contributed by atoms with Gasteiger partial charge < -0.3 is 0 Å². The minimum absolute atomic E-state index is 0.520. The summed E-state index contributed by atoms with van der Waals surface area (Å²) in [4.78, 5) is 0. The first-order valence-corrected chi connectivity index (χ1v) is 7.12. The Bertz CT molecular complexity index is 823. The summed E-state index contributed by atoms with van der Waals surface area (Å²) in [6.07, 6.45) is 5.09. The standard InChI is InChI=1S/C17H13ClN4/c18-15(10-13-6-2-1-3-7-13)12-20-22-17-16-9-5-4-8-14(16)11-19-21-17/h1-12H,(H,21,22)/b15-10+,20-12+. The maximum Gasteiger partial charge on any atom is 0.176 e. The molecular formula is C17H13ClN4. The molecule has 0 unspecified atom stereocenters. The number of hydrogen-bond donors (Lipinski definition) is 1. The van der Waals surface area contributed by atoms with E-state index in [0.717, 1.165) is 16.3 Å². The minimum atomic E-state index is 0.520. The van der Waals surface area contributed by atoms with Crippen molar-refractivity contribution in [3.63, 3.8) is 0 Å². The van der Waals surface area contributed by atoms with Crippen molar-refractivity contribution < 1.29 is 0 Å². The molecule has 1 heterocycles. The van der Waals surface area contributed by atoms with Gasteiger partial charge in [0, 0.05) is 10.8 Å². The molecule has 3 aromatic rings. The summed E-state index contributed by atoms with van der Waals surface area (Å²) in [5.74, 6) is 0.596. The first-order chi connectivity index (χ1) is 10.8. The van der Waals surface area contributed by atoms with Gasteiger partial charge in [-0.2, -0.15) is 10.2 Å². The Morgan fingerprint density at radius 1 is 1.05 bits per heavy atom. The highest BCUT2D eigenvalue weighted by molar-refractivity contribution is 6.41. The number of anilines is 1. The van der Waals surface area contributed by atoms with E-state index in [4.69, 9.17) is 11.6 Å². The molecule has 0 spiro atoms. The molecule has 0 atom stereocenters. The van der Waals surface area contributed by atoms with Crippen LogP contribution in [0, 0.1) is 0 Å². The smallest absolute Gasteiger partial charge is 0.176 e. The molecular weight excluding hydrogens is 296 g/mol. The molecule has 4 nitrogen and oxygen atoms in total. The number of allylic oxidation sites excluding steroid dienone is 1. The number of rotatable bonds is 4. The van der Waals surface area contributed by atoms with E-state index in [1.165, 1.54) is 6.21 Å². The van der Waals surface area contributed by atoms with Crippen LogP contribution in [0.1, 0.15) is 5.56 Å². The number of halogens is 1. The van der Waals surface area contributed by atoms with Crippen molar-refractivity contribution in [2.75, 3.05) is 5.43 Å². The molecule has 5 heteroatoms. The normalized spacial score (nSPS) is 12.0. The SMILES string of the molecule is ClC(/C=N/Nc1nncc2ccccc12)=C/c1ccccc1. The van der Waals surface area contributed by atoms with Crippen LogP contribution in [0.25, 0.3) is 16.8 Å². The maximum absolute atomic E-state index is 6.14. The van der Waals surface area contributed by atoms with E-state index in [-0.39, 0.29) is 0 Å². The van der Waals surface area contributed by atoms with E-state index >= 15 is 0 Å². The monoisotopic (exact) mass is 308 g/mol. The van der Waals surface area contributed by atoms with Crippen LogP contribution in [0.4, 0.5) is 5.82 Å². The van der Waals surface area contributed by atoms with E-state index in [1.54, 1.807) is 6.20 Å². The fourth-order valence-electron chi connectivity index (χ4n) is 2.01. The molecule has 0 saturated heterocycles. The summed E-state index contributed by atoms with van der Waals surface area (Å²) in [5, 5.41) is 14.6. The summed E-state index contributed by atoms with van der Waals surface area (Å²) in [6.45, 7) is 0. The van der Waals surface area contributed by atoms with Crippen LogP contribution in [-0.4, -0.2) is 16.4 Å². The quantitative estimate of drug-likeness (QED) is 0.577. The van der Waals surface area contributed by atoms with Crippen molar-refractivity contribution in [1.29, 1.82) is 0 Å². The van der Waals surface area contributed by atoms with Gasteiger partial charge in [-0.05, 0) is 11.6 Å². The molecule has 0 aliphatic rings. The van der Waals surface area contributed by atoms with E-state index in [2.05, 4.69) is 20.7 Å². The highest BCUT2D eigenvalue weighted by atomic mass is 35.5. The van der Waals surface area contributed by atoms with Crippen molar-refractivity contribution in [3.8, 4) is 0 Å². The third kappa shape index (κ3) is 3.48. The predicted molar refractivity (Wildman–Crippen MR) is 91.9 cm³/mol. The molecule has 0 saturated carbocycles. The zero-order chi connectivity index (χ0) is 15.2. The molecule has 22 heavy (non-hydrogen) atoms. The summed E-state index contributed by atoms with van der Waals surface area (Å²) in [7, 11) is 0. The fourth-order valence-corrected chi connectivity index (χ4v) is 2.19. The van der Waals surface area contributed by atoms with Crippen LogP contribution in [0.3, 0.4) is 0 Å². The molecule has 1 aromatic heterocycles. The number of hydrogen-bond acceptors (Lipinski definition) is 4. The highest BCUT2D eigenvalue weighted by Crippen LogP contribution is 2.19. The van der Waals surface area contributed by atoms with Gasteiger partial charge in [0.2, 0.25) is 0 Å². The Labute approximate surface area is 133 Å². The van der Waals surface area contributed by atoms with E-state index in [0.29, 0.717) is 10.9 Å². The lowest BCUT2D eigenvalue weighted by molar-refractivity contribution is 1.04. The second-order valence-electron chi connectivity index (χ2n) is 4.59. The van der Waals surface area contributed by atoms with E-state index in [1.807, 2.05) is 60.7 Å². The zero-order valence-corrected chi connectivity index (χ0v) is 12.4. The third-order valence-electron chi connectivity index (χ3n) is 3.03. The van der Waals surface area contributed by atoms with Crippen molar-refractivity contribution in [3.05, 3.63) is 71.4 Å². The van der Waals surface area contributed by atoms with Crippen LogP contribution in [0.15, 0.2) is 70.9 Å². The zero-order valence-electron chi connectivity index (χ0n) is 11.6. The molecule has 0 radical (unpaired) electrons. The summed E-state index contributed by atoms with van der Waals surface area (Å²) in [5.41, 5.74) is 3.89. The molecule has 3 rings (SSSR count). The molecule has 0 bridgehead atoms. The van der Waals surface area contributed by atoms with E-state index < -0.39 is 0 Å². The summed E-state index contributed by atoms with van der Waals surface area (Å²) < 4.78 is 0. The highest BCUT2D eigenvalue weighted by Gasteiger charge is 2.00. The number of aromatic nitrogens is 2. The molecule has 0 fully saturated rings. The lowest BCUT2D eigenvalue weighted by Crippen LogP contribution is -1.96. The van der Waals surface area contributed by atoms with Crippen LogP contribution >= 0.6 is 11.6 Å². The number of benzene rings is 2. The van der Waals surface area contributed by atoms with Gasteiger partial charge >= 0.3 is 0 Å². The summed E-state index contributed by atoms with van der Waals surface area (Å²) in [6, 6.07) is 17.6. The van der Waals surface area contributed by atoms with Crippen molar-refractivity contribution >= 4 is 40.5 Å². The second kappa shape index (κ2) is 6.83. The average molecular weight is 309 g/mol. The minimum Gasteiger partial charge on any atom is -0.259 e. The first-order valence-electron chi connectivity index (χ1n) is 6.75. The Morgan fingerprint density at radius 2 is 1.82 bits per heavy atom. The molecule has 1 N–H and O–H groups in total. The van der Waals surface area contributed by atoms with E-state index in [9.17, 15) is 0 Å². The summed E-state index contributed by atoms with van der Waals surface area (Å²) >= 11 is 6.14. The van der Waals surface area contributed by atoms with Crippen molar-refractivity contribution in [2.24, 2.45) is 5.10 Å². The Balaban J connectivity index is 1.75. The topological polar surface area (TPSA) is 50.2 Å². The number of nitrogens with one attached hydrogen (secondary N) is 1.